The van der Waals surface area contributed by atoms with Gasteiger partial charge in [-0.2, -0.15) is 0 Å². The van der Waals surface area contributed by atoms with Gasteiger partial charge in [-0.3, -0.25) is 9.36 Å². The summed E-state index contributed by atoms with van der Waals surface area (Å²) in [5.74, 6) is 0.832. The molecule has 0 aliphatic heterocycles. The molecule has 6 heteroatoms. The number of carbonyl (C=O) groups is 1. The van der Waals surface area contributed by atoms with Gasteiger partial charge in [0.05, 0.1) is 7.11 Å². The van der Waals surface area contributed by atoms with Gasteiger partial charge in [0, 0.05) is 32.2 Å². The Morgan fingerprint density at radius 2 is 1.81 bits per heavy atom. The highest BCUT2D eigenvalue weighted by molar-refractivity contribution is 8.00. The fourth-order valence-electron chi connectivity index (χ4n) is 2.55. The molecule has 0 fully saturated rings. The predicted molar refractivity (Wildman–Crippen MR) is 104 cm³/mol. The minimum atomic E-state index is -0.356. The van der Waals surface area contributed by atoms with Gasteiger partial charge >= 0.3 is 0 Å². The summed E-state index contributed by atoms with van der Waals surface area (Å²) < 4.78 is 7.19. The molecule has 0 aliphatic rings. The van der Waals surface area contributed by atoms with Crippen LogP contribution in [0.3, 0.4) is 0 Å². The molecule has 1 aromatic heterocycles. The van der Waals surface area contributed by atoms with Crippen LogP contribution >= 0.6 is 11.8 Å². The van der Waals surface area contributed by atoms with Crippen LogP contribution in [0.5, 0.6) is 5.75 Å². The van der Waals surface area contributed by atoms with Crippen LogP contribution in [0.15, 0.2) is 72.1 Å². The number of likely N-dealkylation sites (N-methyl/N-ethyl adjacent to an activating group) is 1. The first kappa shape index (κ1) is 18.1. The Kier molecular flexibility index (Phi) is 5.63. The van der Waals surface area contributed by atoms with Gasteiger partial charge in [-0.05, 0) is 29.8 Å². The van der Waals surface area contributed by atoms with Crippen molar-refractivity contribution in [1.82, 2.24) is 14.5 Å². The van der Waals surface area contributed by atoms with E-state index in [2.05, 4.69) is 4.98 Å². The van der Waals surface area contributed by atoms with Gasteiger partial charge in [-0.15, -0.1) is 0 Å². The summed E-state index contributed by atoms with van der Waals surface area (Å²) in [6.07, 6.45) is 3.64. The number of imidazole rings is 1. The summed E-state index contributed by atoms with van der Waals surface area (Å²) >= 11 is 1.45. The number of carbonyl (C=O) groups excluding carboxylic acids is 1. The molecule has 0 aliphatic carbocycles. The zero-order valence-electron chi connectivity index (χ0n) is 15.0. The van der Waals surface area contributed by atoms with Crippen molar-refractivity contribution in [2.75, 3.05) is 21.2 Å². The van der Waals surface area contributed by atoms with Gasteiger partial charge in [-0.1, -0.05) is 42.1 Å². The fraction of sp³-hybridized carbons (Fsp3) is 0.200. The van der Waals surface area contributed by atoms with E-state index in [1.807, 2.05) is 65.4 Å². The number of hydrogen-bond acceptors (Lipinski definition) is 4. The molecule has 1 unspecified atom stereocenters. The molecule has 0 radical (unpaired) electrons. The number of ether oxygens (including phenoxy) is 1. The van der Waals surface area contributed by atoms with Gasteiger partial charge < -0.3 is 9.64 Å². The molecule has 1 amide bonds. The first-order chi connectivity index (χ1) is 12.6. The first-order valence-electron chi connectivity index (χ1n) is 8.20. The van der Waals surface area contributed by atoms with Crippen LogP contribution in [-0.2, 0) is 4.79 Å². The Hall–Kier alpha value is -2.73. The Morgan fingerprint density at radius 1 is 1.12 bits per heavy atom. The molecule has 0 saturated carbocycles. The number of hydrogen-bond donors (Lipinski definition) is 0. The average molecular weight is 367 g/mol. The second-order valence-electron chi connectivity index (χ2n) is 5.92. The monoisotopic (exact) mass is 367 g/mol. The van der Waals surface area contributed by atoms with E-state index >= 15 is 0 Å². The Balaban J connectivity index is 1.93. The molecule has 1 atom stereocenters. The number of nitrogens with zero attached hydrogens (tertiary/aromatic N) is 3. The van der Waals surface area contributed by atoms with Gasteiger partial charge in [-0.25, -0.2) is 4.98 Å². The fourth-order valence-corrected chi connectivity index (χ4v) is 3.76. The summed E-state index contributed by atoms with van der Waals surface area (Å²) in [5, 5.41) is 0.407. The first-order valence-corrected chi connectivity index (χ1v) is 9.08. The van der Waals surface area contributed by atoms with Gasteiger partial charge in [0.25, 0.3) is 0 Å². The largest absolute Gasteiger partial charge is 0.497 e. The minimum absolute atomic E-state index is 0.0329. The van der Waals surface area contributed by atoms with Crippen molar-refractivity contribution in [3.63, 3.8) is 0 Å². The summed E-state index contributed by atoms with van der Waals surface area (Å²) in [6.45, 7) is 0. The van der Waals surface area contributed by atoms with Crippen molar-refractivity contribution in [2.24, 2.45) is 0 Å². The van der Waals surface area contributed by atoms with Crippen molar-refractivity contribution < 1.29 is 9.53 Å². The van der Waals surface area contributed by atoms with Crippen molar-refractivity contribution in [3.05, 3.63) is 72.6 Å². The summed E-state index contributed by atoms with van der Waals surface area (Å²) in [4.78, 5) is 18.8. The summed E-state index contributed by atoms with van der Waals surface area (Å²) in [7, 11) is 5.19. The average Bonchev–Trinajstić information content (AvgIpc) is 3.14. The number of amides is 1. The molecule has 0 N–H and O–H groups in total. The highest BCUT2D eigenvalue weighted by atomic mass is 32.2. The van der Waals surface area contributed by atoms with Crippen LogP contribution in [0.1, 0.15) is 10.8 Å². The van der Waals surface area contributed by atoms with Crippen LogP contribution < -0.4 is 4.74 Å². The molecule has 2 aromatic carbocycles. The van der Waals surface area contributed by atoms with Crippen molar-refractivity contribution in [2.45, 2.75) is 10.4 Å². The molecule has 26 heavy (non-hydrogen) atoms. The lowest BCUT2D eigenvalue weighted by molar-refractivity contribution is -0.128. The molecule has 0 saturated heterocycles. The van der Waals surface area contributed by atoms with E-state index in [0.717, 1.165) is 22.2 Å². The Bertz CT molecular complexity index is 860. The van der Waals surface area contributed by atoms with Crippen molar-refractivity contribution in [1.29, 1.82) is 0 Å². The third kappa shape index (κ3) is 3.91. The molecule has 1 heterocycles. The van der Waals surface area contributed by atoms with E-state index in [1.54, 1.807) is 32.3 Å². The number of thioether (sulfide) groups is 1. The SMILES string of the molecule is COc1ccc(-n2ccnc2SC(C(=O)N(C)C)c2ccccc2)cc1. The molecule has 0 spiro atoms. The molecular formula is C20H21N3O2S. The number of rotatable bonds is 6. The van der Waals surface area contributed by atoms with Crippen LogP contribution in [0, 0.1) is 0 Å². The molecule has 0 bridgehead atoms. The van der Waals surface area contributed by atoms with E-state index < -0.39 is 0 Å². The van der Waals surface area contributed by atoms with Crippen LogP contribution in [-0.4, -0.2) is 41.6 Å². The minimum Gasteiger partial charge on any atom is -0.497 e. The standard InChI is InChI=1S/C20H21N3O2S/c1-22(2)19(24)18(15-7-5-4-6-8-15)26-20-21-13-14-23(20)16-9-11-17(25-3)12-10-16/h4-14,18H,1-3H3. The van der Waals surface area contributed by atoms with Gasteiger partial charge in [0.1, 0.15) is 11.0 Å². The maximum Gasteiger partial charge on any atom is 0.240 e. The number of methoxy groups -OCH3 is 1. The van der Waals surface area contributed by atoms with Crippen LogP contribution in [0.2, 0.25) is 0 Å². The lowest BCUT2D eigenvalue weighted by Gasteiger charge is -2.20. The molecule has 134 valence electrons. The third-order valence-corrected chi connectivity index (χ3v) is 5.17. The van der Waals surface area contributed by atoms with Gasteiger partial charge in [0.2, 0.25) is 5.91 Å². The molecule has 3 aromatic rings. The predicted octanol–water partition coefficient (Wildman–Crippen LogP) is 3.80. The highest BCUT2D eigenvalue weighted by Gasteiger charge is 2.25. The quantitative estimate of drug-likeness (QED) is 0.622. The topological polar surface area (TPSA) is 47.4 Å². The van der Waals surface area contributed by atoms with Crippen LogP contribution in [0.4, 0.5) is 0 Å². The molecule has 5 nitrogen and oxygen atoms in total. The second-order valence-corrected chi connectivity index (χ2v) is 6.99. The van der Waals surface area contributed by atoms with E-state index in [4.69, 9.17) is 4.74 Å². The van der Waals surface area contributed by atoms with E-state index in [0.29, 0.717) is 0 Å². The molecule has 3 rings (SSSR count). The smallest absolute Gasteiger partial charge is 0.240 e. The normalized spacial score (nSPS) is 11.8. The van der Waals surface area contributed by atoms with E-state index in [9.17, 15) is 4.79 Å². The Morgan fingerprint density at radius 3 is 2.42 bits per heavy atom. The van der Waals surface area contributed by atoms with E-state index in [-0.39, 0.29) is 11.2 Å². The van der Waals surface area contributed by atoms with Gasteiger partial charge in [0.15, 0.2) is 5.16 Å². The van der Waals surface area contributed by atoms with Crippen molar-refractivity contribution >= 4 is 17.7 Å². The number of benzene rings is 2. The summed E-state index contributed by atoms with van der Waals surface area (Å²) in [6, 6.07) is 17.5. The van der Waals surface area contributed by atoms with E-state index in [1.165, 1.54) is 11.8 Å². The van der Waals surface area contributed by atoms with Crippen molar-refractivity contribution in [3.8, 4) is 11.4 Å². The lowest BCUT2D eigenvalue weighted by atomic mass is 10.1. The molecular weight excluding hydrogens is 346 g/mol. The highest BCUT2D eigenvalue weighted by Crippen LogP contribution is 2.36. The maximum absolute atomic E-state index is 12.8. The summed E-state index contributed by atoms with van der Waals surface area (Å²) in [5.41, 5.74) is 1.93. The Labute approximate surface area is 157 Å². The zero-order valence-corrected chi connectivity index (χ0v) is 15.8. The lowest BCUT2D eigenvalue weighted by Crippen LogP contribution is -2.26. The second kappa shape index (κ2) is 8.10. The maximum atomic E-state index is 12.8. The van der Waals surface area contributed by atoms with Crippen LogP contribution in [0.25, 0.3) is 5.69 Å². The zero-order chi connectivity index (χ0) is 18.5. The third-order valence-electron chi connectivity index (χ3n) is 3.95. The number of aromatic nitrogens is 2.